The molecule has 1 N–H and O–H groups in total. The molecule has 14 heteroatoms. The number of carbonyl (C=O) groups excluding carboxylic acids is 3. The SMILES string of the molecule is CN(CCCCN(CCCN(CCCCNC(=O)OC(C)(C)C)C(=O)OC(C)(C)C)C(=O)OC(C)(C)C)c1ccc(-c2cc(=O)c3ccc4c(c3o2)OC(c2ccccc2)(c2ccccc2)O4)cc1. The van der Waals surface area contributed by atoms with Crippen LogP contribution in [0, 0.1) is 0 Å². The predicted molar refractivity (Wildman–Crippen MR) is 269 cm³/mol. The Balaban J connectivity index is 1.06. The van der Waals surface area contributed by atoms with Crippen molar-refractivity contribution in [2.45, 2.75) is 117 Å². The highest BCUT2D eigenvalue weighted by molar-refractivity contribution is 5.87. The lowest BCUT2D eigenvalue weighted by Gasteiger charge is -2.30. The van der Waals surface area contributed by atoms with Crippen molar-refractivity contribution >= 4 is 34.9 Å². The first-order valence-electron chi connectivity index (χ1n) is 23.9. The van der Waals surface area contributed by atoms with Gasteiger partial charge in [-0.15, -0.1) is 0 Å². The fourth-order valence-corrected chi connectivity index (χ4v) is 7.82. The number of fused-ring (bicyclic) bond motifs is 3. The highest BCUT2D eigenvalue weighted by Gasteiger charge is 2.47. The summed E-state index contributed by atoms with van der Waals surface area (Å²) >= 11 is 0. The first kappa shape index (κ1) is 51.7. The molecular formula is C55H70N4O10. The van der Waals surface area contributed by atoms with Gasteiger partial charge in [-0.2, -0.15) is 0 Å². The van der Waals surface area contributed by atoms with Gasteiger partial charge in [0.05, 0.1) is 5.39 Å². The van der Waals surface area contributed by atoms with Gasteiger partial charge in [0.25, 0.3) is 0 Å². The topological polar surface area (TPSA) is 149 Å². The minimum Gasteiger partial charge on any atom is -0.452 e. The zero-order valence-electron chi connectivity index (χ0n) is 42.0. The van der Waals surface area contributed by atoms with E-state index in [9.17, 15) is 19.2 Å². The number of carbonyl (C=O) groups is 3. The fraction of sp³-hybridized carbons (Fsp3) is 0.455. The molecule has 0 atom stereocenters. The number of hydrogen-bond acceptors (Lipinski definition) is 11. The maximum absolute atomic E-state index is 13.6. The smallest absolute Gasteiger partial charge is 0.410 e. The van der Waals surface area contributed by atoms with Crippen molar-refractivity contribution in [1.29, 1.82) is 0 Å². The third kappa shape index (κ3) is 14.4. The molecule has 0 spiro atoms. The van der Waals surface area contributed by atoms with Gasteiger partial charge < -0.3 is 48.1 Å². The van der Waals surface area contributed by atoms with Crippen LogP contribution in [0.2, 0.25) is 0 Å². The number of hydrogen-bond donors (Lipinski definition) is 1. The molecule has 2 heterocycles. The third-order valence-corrected chi connectivity index (χ3v) is 11.1. The van der Waals surface area contributed by atoms with Gasteiger partial charge in [0.2, 0.25) is 5.75 Å². The molecule has 0 saturated carbocycles. The first-order valence-corrected chi connectivity index (χ1v) is 23.9. The summed E-state index contributed by atoms with van der Waals surface area (Å²) in [5, 5.41) is 3.15. The zero-order valence-corrected chi connectivity index (χ0v) is 42.0. The van der Waals surface area contributed by atoms with Crippen molar-refractivity contribution in [1.82, 2.24) is 15.1 Å². The maximum atomic E-state index is 13.6. The third-order valence-electron chi connectivity index (χ3n) is 11.1. The molecule has 0 radical (unpaired) electrons. The monoisotopic (exact) mass is 947 g/mol. The number of ether oxygens (including phenoxy) is 5. The van der Waals surface area contributed by atoms with E-state index in [1.54, 1.807) is 21.9 Å². The van der Waals surface area contributed by atoms with E-state index in [1.165, 1.54) is 6.07 Å². The molecule has 0 bridgehead atoms. The van der Waals surface area contributed by atoms with E-state index in [4.69, 9.17) is 28.1 Å². The van der Waals surface area contributed by atoms with Crippen LogP contribution in [0.25, 0.3) is 22.3 Å². The van der Waals surface area contributed by atoms with Gasteiger partial charge in [0.15, 0.2) is 16.8 Å². The van der Waals surface area contributed by atoms with Gasteiger partial charge in [-0.05, 0) is 131 Å². The molecule has 5 aromatic rings. The van der Waals surface area contributed by atoms with Gasteiger partial charge in [-0.1, -0.05) is 60.7 Å². The minimum atomic E-state index is -1.27. The summed E-state index contributed by atoms with van der Waals surface area (Å²) in [7, 11) is 2.02. The summed E-state index contributed by atoms with van der Waals surface area (Å²) in [6.07, 6.45) is 2.00. The number of anilines is 1. The maximum Gasteiger partial charge on any atom is 0.410 e. The fourth-order valence-electron chi connectivity index (χ4n) is 7.82. The van der Waals surface area contributed by atoms with Gasteiger partial charge >= 0.3 is 24.1 Å². The molecule has 4 aromatic carbocycles. The van der Waals surface area contributed by atoms with Crippen molar-refractivity contribution in [3.8, 4) is 22.8 Å². The summed E-state index contributed by atoms with van der Waals surface area (Å²) in [6, 6.07) is 32.2. The number of unbranched alkanes of at least 4 members (excludes halogenated alkanes) is 2. The normalized spacial score (nSPS) is 13.1. The molecule has 69 heavy (non-hydrogen) atoms. The van der Waals surface area contributed by atoms with Crippen molar-refractivity contribution in [2.75, 3.05) is 51.2 Å². The Bertz CT molecular complexity index is 2520. The second kappa shape index (κ2) is 22.2. The van der Waals surface area contributed by atoms with Crippen molar-refractivity contribution in [2.24, 2.45) is 0 Å². The van der Waals surface area contributed by atoms with Gasteiger partial charge in [-0.25, -0.2) is 14.4 Å². The molecule has 0 aliphatic carbocycles. The second-order valence-electron chi connectivity index (χ2n) is 20.4. The van der Waals surface area contributed by atoms with E-state index in [1.807, 2.05) is 154 Å². The van der Waals surface area contributed by atoms with Crippen LogP contribution in [0.4, 0.5) is 20.1 Å². The molecule has 0 fully saturated rings. The van der Waals surface area contributed by atoms with E-state index >= 15 is 0 Å². The lowest BCUT2D eigenvalue weighted by atomic mass is 9.97. The summed E-state index contributed by atoms with van der Waals surface area (Å²) in [5.74, 6) is -0.0338. The van der Waals surface area contributed by atoms with Crippen LogP contribution >= 0.6 is 0 Å². The summed E-state index contributed by atoms with van der Waals surface area (Å²) in [5.41, 5.74) is 1.49. The summed E-state index contributed by atoms with van der Waals surface area (Å²) in [4.78, 5) is 57.9. The van der Waals surface area contributed by atoms with Crippen molar-refractivity contribution in [3.63, 3.8) is 0 Å². The lowest BCUT2D eigenvalue weighted by Crippen LogP contribution is -2.41. The molecular weight excluding hydrogens is 877 g/mol. The number of rotatable bonds is 18. The Hall–Kier alpha value is -6.70. The van der Waals surface area contributed by atoms with Crippen molar-refractivity contribution < 1.29 is 42.5 Å². The predicted octanol–water partition coefficient (Wildman–Crippen LogP) is 11.5. The number of alkyl carbamates (subject to hydrolysis) is 1. The highest BCUT2D eigenvalue weighted by atomic mass is 16.7. The number of nitrogens with zero attached hydrogens (tertiary/aromatic N) is 3. The molecule has 1 aliphatic rings. The van der Waals surface area contributed by atoms with E-state index in [0.29, 0.717) is 80.2 Å². The van der Waals surface area contributed by atoms with Gasteiger partial charge in [0, 0.05) is 74.8 Å². The van der Waals surface area contributed by atoms with Crippen LogP contribution in [0.3, 0.4) is 0 Å². The lowest BCUT2D eigenvalue weighted by molar-refractivity contribution is -0.0456. The Morgan fingerprint density at radius 1 is 0.594 bits per heavy atom. The Labute approximate surface area is 406 Å². The van der Waals surface area contributed by atoms with Crippen LogP contribution in [-0.4, -0.2) is 91.2 Å². The standard InChI is InChI=1S/C55H70N4O10/c1-52(2,3)67-49(61)56-32-17-18-34-58(50(62)68-53(4,5)6)36-21-37-59(51(63)69-54(7,8)9)35-20-19-33-57(10)42-28-26-39(27-29-42)46-38-44(60)43-30-31-45-48(47(43)64-46)66-55(65-45,40-22-13-11-14-23-40)41-24-15-12-16-25-41/h11-16,22-31,38H,17-21,32-37H2,1-10H3,(H,56,61). The first-order chi connectivity index (χ1) is 32.6. The van der Waals surface area contributed by atoms with Crippen LogP contribution < -0.4 is 25.1 Å². The average molecular weight is 947 g/mol. The molecule has 0 unspecified atom stereocenters. The Morgan fingerprint density at radius 3 is 1.64 bits per heavy atom. The Morgan fingerprint density at radius 2 is 1.10 bits per heavy atom. The van der Waals surface area contributed by atoms with E-state index in [0.717, 1.165) is 41.8 Å². The largest absolute Gasteiger partial charge is 0.452 e. The summed E-state index contributed by atoms with van der Waals surface area (Å²) < 4.78 is 36.7. The average Bonchev–Trinajstić information content (AvgIpc) is 3.69. The van der Waals surface area contributed by atoms with E-state index < -0.39 is 40.9 Å². The molecule has 1 aromatic heterocycles. The van der Waals surface area contributed by atoms with Crippen LogP contribution in [0.5, 0.6) is 11.5 Å². The number of benzene rings is 4. The van der Waals surface area contributed by atoms with Gasteiger partial charge in [-0.3, -0.25) is 4.79 Å². The molecule has 6 rings (SSSR count). The molecule has 3 amide bonds. The van der Waals surface area contributed by atoms with E-state index in [2.05, 4.69) is 10.2 Å². The zero-order chi connectivity index (χ0) is 50.0. The molecule has 14 nitrogen and oxygen atoms in total. The number of amides is 3. The van der Waals surface area contributed by atoms with Crippen LogP contribution in [0.1, 0.15) is 106 Å². The minimum absolute atomic E-state index is 0.196. The molecule has 1 aliphatic heterocycles. The van der Waals surface area contributed by atoms with Crippen molar-refractivity contribution in [3.05, 3.63) is 124 Å². The summed E-state index contributed by atoms with van der Waals surface area (Å²) in [6.45, 7) is 19.3. The molecule has 0 saturated heterocycles. The Kier molecular flexibility index (Phi) is 16.6. The molecule has 370 valence electrons. The van der Waals surface area contributed by atoms with Crippen LogP contribution in [-0.2, 0) is 20.0 Å². The highest BCUT2D eigenvalue weighted by Crippen LogP contribution is 2.50. The number of nitrogens with one attached hydrogen (secondary N) is 1. The van der Waals surface area contributed by atoms with Crippen LogP contribution in [0.15, 0.2) is 112 Å². The quantitative estimate of drug-likeness (QED) is 0.0660. The van der Waals surface area contributed by atoms with Gasteiger partial charge in [0.1, 0.15) is 22.6 Å². The second-order valence-corrected chi connectivity index (χ2v) is 20.4. The van der Waals surface area contributed by atoms with E-state index in [-0.39, 0.29) is 5.43 Å².